The van der Waals surface area contributed by atoms with Crippen LogP contribution in [0.1, 0.15) is 24.6 Å². The van der Waals surface area contributed by atoms with Crippen molar-refractivity contribution in [2.75, 3.05) is 36.0 Å². The monoisotopic (exact) mass is 477 g/mol. The van der Waals surface area contributed by atoms with E-state index in [1.54, 1.807) is 25.3 Å². The first-order valence-electron chi connectivity index (χ1n) is 11.7. The number of amides is 1. The Hall–Kier alpha value is -3.95. The molecule has 35 heavy (non-hydrogen) atoms. The molecule has 10 heteroatoms. The van der Waals surface area contributed by atoms with Gasteiger partial charge in [0.05, 0.1) is 36.5 Å². The first kappa shape index (κ1) is 22.8. The number of nitrogens with two attached hydrogens (primary N) is 1. The molecular formula is C25H28FN7O2. The van der Waals surface area contributed by atoms with E-state index in [4.69, 9.17) is 10.5 Å². The van der Waals surface area contributed by atoms with Crippen molar-refractivity contribution >= 4 is 23.3 Å². The number of nitrogens with one attached hydrogen (secondary N) is 1. The summed E-state index contributed by atoms with van der Waals surface area (Å²) in [6.45, 7) is 4.11. The molecule has 5 rings (SSSR count). The third kappa shape index (κ3) is 4.96. The molecule has 1 unspecified atom stereocenters. The van der Waals surface area contributed by atoms with Crippen LogP contribution >= 0.6 is 0 Å². The Balaban J connectivity index is 1.32. The van der Waals surface area contributed by atoms with Gasteiger partial charge in [0.1, 0.15) is 11.9 Å². The molecule has 2 aliphatic rings. The first-order chi connectivity index (χ1) is 17.0. The molecule has 182 valence electrons. The summed E-state index contributed by atoms with van der Waals surface area (Å²) < 4.78 is 20.5. The average Bonchev–Trinajstić information content (AvgIpc) is 3.50. The Morgan fingerprint density at radius 2 is 2.20 bits per heavy atom. The van der Waals surface area contributed by atoms with E-state index in [1.165, 1.54) is 22.2 Å². The van der Waals surface area contributed by atoms with Gasteiger partial charge in [-0.2, -0.15) is 15.4 Å². The molecular weight excluding hydrogens is 449 g/mol. The van der Waals surface area contributed by atoms with Crippen LogP contribution < -0.4 is 15.5 Å². The second-order valence-electron chi connectivity index (χ2n) is 8.91. The van der Waals surface area contributed by atoms with Crippen LogP contribution in [0.4, 0.5) is 20.6 Å². The van der Waals surface area contributed by atoms with Gasteiger partial charge in [0, 0.05) is 30.8 Å². The Morgan fingerprint density at radius 3 is 2.97 bits per heavy atom. The van der Waals surface area contributed by atoms with E-state index in [0.717, 1.165) is 43.6 Å². The van der Waals surface area contributed by atoms with Gasteiger partial charge in [0.15, 0.2) is 0 Å². The number of benzene rings is 2. The van der Waals surface area contributed by atoms with Gasteiger partial charge in [0.25, 0.3) is 0 Å². The molecule has 1 fully saturated rings. The highest BCUT2D eigenvalue weighted by atomic mass is 19.1. The third-order valence-corrected chi connectivity index (χ3v) is 6.39. The number of aryl methyl sites for hydroxylation is 1. The van der Waals surface area contributed by atoms with E-state index >= 15 is 4.39 Å². The summed E-state index contributed by atoms with van der Waals surface area (Å²) in [6.07, 6.45) is 3.64. The van der Waals surface area contributed by atoms with Gasteiger partial charge in [-0.25, -0.2) is 9.18 Å². The average molecular weight is 478 g/mol. The number of hydrogen-bond acceptors (Lipinski definition) is 6. The Morgan fingerprint density at radius 1 is 1.31 bits per heavy atom. The second kappa shape index (κ2) is 9.73. The molecule has 3 heterocycles. The maximum atomic E-state index is 15.2. The zero-order valence-electron chi connectivity index (χ0n) is 19.6. The fourth-order valence-corrected chi connectivity index (χ4v) is 4.65. The summed E-state index contributed by atoms with van der Waals surface area (Å²) in [6, 6.07) is 11.0. The number of H-pyrrole nitrogens is 1. The van der Waals surface area contributed by atoms with Gasteiger partial charge in [-0.3, -0.25) is 9.89 Å². The zero-order chi connectivity index (χ0) is 24.4. The van der Waals surface area contributed by atoms with Crippen molar-refractivity contribution in [2.24, 2.45) is 10.7 Å². The number of fused-ring (bicyclic) bond motifs is 1. The lowest BCUT2D eigenvalue weighted by atomic mass is 9.95. The van der Waals surface area contributed by atoms with Crippen LogP contribution in [-0.2, 0) is 17.6 Å². The highest BCUT2D eigenvalue weighted by molar-refractivity contribution is 5.90. The van der Waals surface area contributed by atoms with Gasteiger partial charge in [0.2, 0.25) is 0 Å². The van der Waals surface area contributed by atoms with Crippen LogP contribution in [0.2, 0.25) is 0 Å². The summed E-state index contributed by atoms with van der Waals surface area (Å²) in [5.74, 6) is 0.0475. The molecule has 2 aromatic carbocycles. The van der Waals surface area contributed by atoms with Crippen molar-refractivity contribution in [1.29, 1.82) is 0 Å². The predicted molar refractivity (Wildman–Crippen MR) is 132 cm³/mol. The molecule has 1 aromatic heterocycles. The van der Waals surface area contributed by atoms with Gasteiger partial charge >= 0.3 is 6.09 Å². The quantitative estimate of drug-likeness (QED) is 0.399. The summed E-state index contributed by atoms with van der Waals surface area (Å²) in [5.41, 5.74) is 10.7. The fraction of sp³-hybridized carbons (Fsp3) is 0.360. The molecule has 3 aromatic rings. The highest BCUT2D eigenvalue weighted by Gasteiger charge is 2.32. The molecule has 3 N–H and O–H groups in total. The van der Waals surface area contributed by atoms with Crippen molar-refractivity contribution in [1.82, 2.24) is 15.4 Å². The lowest BCUT2D eigenvalue weighted by Crippen LogP contribution is -2.31. The van der Waals surface area contributed by atoms with Crippen molar-refractivity contribution in [3.8, 4) is 11.1 Å². The number of aromatic amines is 1. The topological polar surface area (TPSA) is 113 Å². The highest BCUT2D eigenvalue weighted by Crippen LogP contribution is 2.34. The summed E-state index contributed by atoms with van der Waals surface area (Å²) in [5, 5.41) is 10.7. The zero-order valence-corrected chi connectivity index (χ0v) is 19.6. The number of halogens is 1. The van der Waals surface area contributed by atoms with Crippen LogP contribution in [-0.4, -0.2) is 59.6 Å². The van der Waals surface area contributed by atoms with Gasteiger partial charge in [-0.15, -0.1) is 0 Å². The number of aliphatic imine (C=N–C) groups is 1. The van der Waals surface area contributed by atoms with E-state index < -0.39 is 12.2 Å². The normalized spacial score (nSPS) is 18.1. The van der Waals surface area contributed by atoms with Crippen molar-refractivity contribution in [3.05, 3.63) is 59.7 Å². The maximum Gasteiger partial charge on any atom is 0.414 e. The smallest absolute Gasteiger partial charge is 0.414 e. The lowest BCUT2D eigenvalue weighted by molar-refractivity contribution is 0.145. The number of cyclic esters (lactones) is 1. The van der Waals surface area contributed by atoms with Crippen LogP contribution in [0.3, 0.4) is 0 Å². The van der Waals surface area contributed by atoms with Crippen LogP contribution in [0.15, 0.2) is 47.6 Å². The number of carbonyl (C=O) groups is 1. The molecule has 9 nitrogen and oxygen atoms in total. The Bertz CT molecular complexity index is 1240. The lowest BCUT2D eigenvalue weighted by Gasteiger charge is -2.31. The molecule has 0 saturated carbocycles. The fourth-order valence-electron chi connectivity index (χ4n) is 4.65. The van der Waals surface area contributed by atoms with Crippen LogP contribution in [0.5, 0.6) is 0 Å². The molecule has 0 spiro atoms. The minimum Gasteiger partial charge on any atom is -0.442 e. The minimum atomic E-state index is -0.508. The second-order valence-corrected chi connectivity index (χ2v) is 8.91. The summed E-state index contributed by atoms with van der Waals surface area (Å²) >= 11 is 0. The SMILES string of the molecule is CC(N)=NCC1CN(c2ccc(-c3ccc4c(c3)CCCN4CCc3cn[nH]n3)c(F)c2)C(=O)O1. The van der Waals surface area contributed by atoms with E-state index in [-0.39, 0.29) is 12.4 Å². The number of carbonyl (C=O) groups excluding carboxylic acids is 1. The number of ether oxygens (including phenoxy) is 1. The van der Waals surface area contributed by atoms with Gasteiger partial charge in [-0.05, 0) is 61.2 Å². The number of amidine groups is 1. The van der Waals surface area contributed by atoms with Crippen molar-refractivity contribution in [3.63, 3.8) is 0 Å². The molecule has 0 radical (unpaired) electrons. The maximum absolute atomic E-state index is 15.2. The number of anilines is 2. The molecule has 0 aliphatic carbocycles. The van der Waals surface area contributed by atoms with Crippen molar-refractivity contribution < 1.29 is 13.9 Å². The first-order valence-corrected chi connectivity index (χ1v) is 11.7. The molecule has 1 saturated heterocycles. The van der Waals surface area contributed by atoms with Gasteiger partial charge < -0.3 is 15.4 Å². The largest absolute Gasteiger partial charge is 0.442 e. The van der Waals surface area contributed by atoms with Crippen LogP contribution in [0.25, 0.3) is 11.1 Å². The number of hydrogen-bond donors (Lipinski definition) is 2. The molecule has 0 bridgehead atoms. The Labute approximate surface area is 202 Å². The van der Waals surface area contributed by atoms with Gasteiger partial charge in [-0.1, -0.05) is 6.07 Å². The minimum absolute atomic E-state index is 0.288. The van der Waals surface area contributed by atoms with Crippen LogP contribution in [0, 0.1) is 5.82 Å². The molecule has 1 amide bonds. The number of aromatic nitrogens is 3. The number of rotatable bonds is 7. The molecule has 1 atom stereocenters. The third-order valence-electron chi connectivity index (χ3n) is 6.39. The summed E-state index contributed by atoms with van der Waals surface area (Å²) in [7, 11) is 0. The molecule has 2 aliphatic heterocycles. The standard InChI is InChI=1S/C25H28FN7O2/c1-16(27)28-14-21-15-33(25(34)35-21)20-5-6-22(23(26)12-20)17-4-7-24-18(11-17)3-2-9-32(24)10-8-19-13-29-31-30-19/h4-7,11-13,21H,2-3,8-10,14-15H2,1H3,(H2,27,28)(H,29,30,31). The van der Waals surface area contributed by atoms with E-state index in [0.29, 0.717) is 23.6 Å². The van der Waals surface area contributed by atoms with E-state index in [2.05, 4.69) is 37.4 Å². The van der Waals surface area contributed by atoms with E-state index in [1.807, 2.05) is 6.07 Å². The van der Waals surface area contributed by atoms with Crippen molar-refractivity contribution in [2.45, 2.75) is 32.3 Å². The summed E-state index contributed by atoms with van der Waals surface area (Å²) in [4.78, 5) is 20.2. The number of nitrogens with zero attached hydrogens (tertiary/aromatic N) is 5. The van der Waals surface area contributed by atoms with E-state index in [9.17, 15) is 4.79 Å². The predicted octanol–water partition coefficient (Wildman–Crippen LogP) is 3.31. The Kier molecular flexibility index (Phi) is 6.35.